The second-order valence-corrected chi connectivity index (χ2v) is 4.58. The maximum absolute atomic E-state index is 10.8. The Hall–Kier alpha value is -1.40. The van der Waals surface area contributed by atoms with Gasteiger partial charge in [0.25, 0.3) is 0 Å². The van der Waals surface area contributed by atoms with Gasteiger partial charge in [-0.05, 0) is 6.07 Å². The second-order valence-electron chi connectivity index (χ2n) is 4.58. The molecule has 1 aromatic rings. The van der Waals surface area contributed by atoms with Gasteiger partial charge in [-0.1, -0.05) is 0 Å². The van der Waals surface area contributed by atoms with Crippen molar-refractivity contribution in [1.29, 1.82) is 0 Å². The molecule has 0 saturated carbocycles. The fourth-order valence-electron chi connectivity index (χ4n) is 2.13. The number of carboxylic acids is 1. The van der Waals surface area contributed by atoms with Crippen molar-refractivity contribution in [2.24, 2.45) is 7.05 Å². The zero-order chi connectivity index (χ0) is 12.3. The Morgan fingerprint density at radius 2 is 2.47 bits per heavy atom. The van der Waals surface area contributed by atoms with Crippen LogP contribution >= 0.6 is 0 Å². The largest absolute Gasteiger partial charge is 0.481 e. The van der Waals surface area contributed by atoms with E-state index < -0.39 is 5.97 Å². The number of carbonyl (C=O) groups is 1. The lowest BCUT2D eigenvalue weighted by molar-refractivity contribution is -0.139. The molecule has 0 unspecified atom stereocenters. The SMILES string of the molecule is Cn1nccc1CCNC1(CC(=O)O)CNC1. The zero-order valence-electron chi connectivity index (χ0n) is 9.94. The Morgan fingerprint density at radius 3 is 2.94 bits per heavy atom. The number of hydrogen-bond acceptors (Lipinski definition) is 4. The summed E-state index contributed by atoms with van der Waals surface area (Å²) in [6.45, 7) is 2.23. The van der Waals surface area contributed by atoms with E-state index in [0.717, 1.165) is 31.7 Å². The summed E-state index contributed by atoms with van der Waals surface area (Å²) in [6, 6.07) is 1.98. The summed E-state index contributed by atoms with van der Waals surface area (Å²) in [5.41, 5.74) is 0.889. The van der Waals surface area contributed by atoms with Crippen molar-refractivity contribution in [2.75, 3.05) is 19.6 Å². The van der Waals surface area contributed by atoms with Gasteiger partial charge in [0.2, 0.25) is 0 Å². The highest BCUT2D eigenvalue weighted by atomic mass is 16.4. The lowest BCUT2D eigenvalue weighted by Gasteiger charge is -2.42. The van der Waals surface area contributed by atoms with E-state index in [1.165, 1.54) is 0 Å². The first-order chi connectivity index (χ1) is 8.11. The molecule has 0 atom stereocenters. The first-order valence-corrected chi connectivity index (χ1v) is 5.76. The number of aliphatic carboxylic acids is 1. The number of aryl methyl sites for hydroxylation is 1. The average Bonchev–Trinajstić information content (AvgIpc) is 2.60. The fourth-order valence-corrected chi connectivity index (χ4v) is 2.13. The van der Waals surface area contributed by atoms with Gasteiger partial charge in [-0.2, -0.15) is 5.10 Å². The van der Waals surface area contributed by atoms with Gasteiger partial charge in [-0.15, -0.1) is 0 Å². The van der Waals surface area contributed by atoms with Crippen molar-refractivity contribution >= 4 is 5.97 Å². The third-order valence-corrected chi connectivity index (χ3v) is 3.22. The van der Waals surface area contributed by atoms with Crippen molar-refractivity contribution in [3.05, 3.63) is 18.0 Å². The van der Waals surface area contributed by atoms with Crippen molar-refractivity contribution in [3.63, 3.8) is 0 Å². The molecule has 1 saturated heterocycles. The van der Waals surface area contributed by atoms with Gasteiger partial charge in [-0.3, -0.25) is 9.48 Å². The molecule has 6 heteroatoms. The van der Waals surface area contributed by atoms with E-state index in [4.69, 9.17) is 5.11 Å². The Morgan fingerprint density at radius 1 is 1.71 bits per heavy atom. The Bertz CT molecular complexity index is 398. The minimum absolute atomic E-state index is 0.172. The second kappa shape index (κ2) is 4.85. The molecule has 0 spiro atoms. The molecule has 2 heterocycles. The van der Waals surface area contributed by atoms with Crippen LogP contribution in [-0.4, -0.2) is 46.0 Å². The van der Waals surface area contributed by atoms with Crippen LogP contribution in [0.2, 0.25) is 0 Å². The number of nitrogens with zero attached hydrogens (tertiary/aromatic N) is 2. The molecule has 17 heavy (non-hydrogen) atoms. The summed E-state index contributed by atoms with van der Waals surface area (Å²) in [6.07, 6.45) is 2.80. The van der Waals surface area contributed by atoms with E-state index in [9.17, 15) is 4.79 Å². The van der Waals surface area contributed by atoms with E-state index in [-0.39, 0.29) is 12.0 Å². The maximum Gasteiger partial charge on any atom is 0.305 e. The minimum atomic E-state index is -0.750. The van der Waals surface area contributed by atoms with E-state index in [1.54, 1.807) is 6.20 Å². The summed E-state index contributed by atoms with van der Waals surface area (Å²) in [5.74, 6) is -0.750. The Labute approximate surface area is 100 Å². The maximum atomic E-state index is 10.8. The van der Waals surface area contributed by atoms with E-state index in [2.05, 4.69) is 15.7 Å². The highest BCUT2D eigenvalue weighted by molar-refractivity contribution is 5.68. The third kappa shape index (κ3) is 2.83. The monoisotopic (exact) mass is 238 g/mol. The smallest absolute Gasteiger partial charge is 0.305 e. The summed E-state index contributed by atoms with van der Waals surface area (Å²) < 4.78 is 1.84. The van der Waals surface area contributed by atoms with Gasteiger partial charge < -0.3 is 15.7 Å². The molecule has 1 fully saturated rings. The van der Waals surface area contributed by atoms with E-state index in [0.29, 0.717) is 0 Å². The molecule has 0 amide bonds. The predicted octanol–water partition coefficient (Wildman–Crippen LogP) is -0.631. The van der Waals surface area contributed by atoms with Gasteiger partial charge in [0.1, 0.15) is 0 Å². The van der Waals surface area contributed by atoms with Crippen molar-refractivity contribution in [1.82, 2.24) is 20.4 Å². The molecule has 2 rings (SSSR count). The lowest BCUT2D eigenvalue weighted by Crippen LogP contribution is -2.68. The average molecular weight is 238 g/mol. The summed E-state index contributed by atoms with van der Waals surface area (Å²) in [4.78, 5) is 10.8. The molecule has 0 aliphatic carbocycles. The van der Waals surface area contributed by atoms with Crippen molar-refractivity contribution in [3.8, 4) is 0 Å². The molecule has 94 valence electrons. The minimum Gasteiger partial charge on any atom is -0.481 e. The van der Waals surface area contributed by atoms with Crippen molar-refractivity contribution < 1.29 is 9.90 Å². The Balaban J connectivity index is 1.81. The van der Waals surface area contributed by atoms with Crippen LogP contribution in [0.1, 0.15) is 12.1 Å². The quantitative estimate of drug-likeness (QED) is 0.615. The van der Waals surface area contributed by atoms with Crippen LogP contribution in [0.5, 0.6) is 0 Å². The standard InChI is InChI=1S/C11H18N4O2/c1-15-9(3-5-14-15)2-4-13-11(6-10(16)17)7-12-8-11/h3,5,12-13H,2,4,6-8H2,1H3,(H,16,17). The molecule has 0 aromatic carbocycles. The predicted molar refractivity (Wildman–Crippen MR) is 62.8 cm³/mol. The number of nitrogens with one attached hydrogen (secondary N) is 2. The highest BCUT2D eigenvalue weighted by Crippen LogP contribution is 2.15. The van der Waals surface area contributed by atoms with Crippen molar-refractivity contribution in [2.45, 2.75) is 18.4 Å². The van der Waals surface area contributed by atoms with E-state index in [1.807, 2.05) is 17.8 Å². The summed E-state index contributed by atoms with van der Waals surface area (Å²) >= 11 is 0. The Kier molecular flexibility index (Phi) is 3.44. The van der Waals surface area contributed by atoms with Gasteiger partial charge in [-0.25, -0.2) is 0 Å². The van der Waals surface area contributed by atoms with Gasteiger partial charge >= 0.3 is 5.97 Å². The third-order valence-electron chi connectivity index (χ3n) is 3.22. The van der Waals surface area contributed by atoms with Crippen LogP contribution in [0.3, 0.4) is 0 Å². The van der Waals surface area contributed by atoms with E-state index >= 15 is 0 Å². The first kappa shape index (κ1) is 12.1. The van der Waals surface area contributed by atoms with Gasteiger partial charge in [0, 0.05) is 45.0 Å². The number of aromatic nitrogens is 2. The highest BCUT2D eigenvalue weighted by Gasteiger charge is 2.38. The van der Waals surface area contributed by atoms with Crippen LogP contribution in [0.4, 0.5) is 0 Å². The molecule has 1 aromatic heterocycles. The van der Waals surface area contributed by atoms with Crippen LogP contribution in [0.25, 0.3) is 0 Å². The zero-order valence-corrected chi connectivity index (χ0v) is 9.94. The molecule has 0 bridgehead atoms. The summed E-state index contributed by atoms with van der Waals surface area (Å²) in [7, 11) is 1.91. The van der Waals surface area contributed by atoms with Crippen LogP contribution in [0, 0.1) is 0 Å². The van der Waals surface area contributed by atoms with Crippen LogP contribution < -0.4 is 10.6 Å². The normalized spacial score (nSPS) is 17.7. The molecule has 3 N–H and O–H groups in total. The van der Waals surface area contributed by atoms with Crippen LogP contribution in [0.15, 0.2) is 12.3 Å². The number of carboxylic acid groups (broad SMARTS) is 1. The fraction of sp³-hybridized carbons (Fsp3) is 0.636. The molecule has 1 aliphatic rings. The first-order valence-electron chi connectivity index (χ1n) is 5.76. The number of rotatable bonds is 6. The molecule has 6 nitrogen and oxygen atoms in total. The summed E-state index contributed by atoms with van der Waals surface area (Å²) in [5, 5.41) is 19.4. The van der Waals surface area contributed by atoms with Gasteiger partial charge in [0.15, 0.2) is 0 Å². The van der Waals surface area contributed by atoms with Gasteiger partial charge in [0.05, 0.1) is 12.0 Å². The number of hydrogen-bond donors (Lipinski definition) is 3. The molecular formula is C11H18N4O2. The molecular weight excluding hydrogens is 220 g/mol. The lowest BCUT2D eigenvalue weighted by atomic mass is 9.88. The molecule has 1 aliphatic heterocycles. The topological polar surface area (TPSA) is 79.2 Å². The van der Waals surface area contributed by atoms with Crippen LogP contribution in [-0.2, 0) is 18.3 Å². The molecule has 0 radical (unpaired) electrons.